The molecule has 1 atom stereocenters. The molecule has 0 spiro atoms. The number of hydrogen-bond acceptors (Lipinski definition) is 5. The number of amides is 2. The first-order chi connectivity index (χ1) is 12.8. The van der Waals surface area contributed by atoms with Crippen molar-refractivity contribution < 1.29 is 22.9 Å². The number of rotatable bonds is 4. The SMILES string of the molecule is CNC(=O)C(NC(=O)c1cc(C)nc2onc(C)c12)c1ccc(F)c(F)c1. The van der Waals surface area contributed by atoms with E-state index in [0.717, 1.165) is 12.1 Å². The van der Waals surface area contributed by atoms with Crippen molar-refractivity contribution >= 4 is 22.9 Å². The molecule has 7 nitrogen and oxygen atoms in total. The Kier molecular flexibility index (Phi) is 4.85. The summed E-state index contributed by atoms with van der Waals surface area (Å²) in [6, 6.07) is 3.31. The second kappa shape index (κ2) is 7.10. The largest absolute Gasteiger partial charge is 0.357 e. The minimum Gasteiger partial charge on any atom is -0.357 e. The fourth-order valence-corrected chi connectivity index (χ4v) is 2.74. The minimum atomic E-state index is -1.22. The van der Waals surface area contributed by atoms with E-state index >= 15 is 0 Å². The molecule has 9 heteroatoms. The van der Waals surface area contributed by atoms with Crippen LogP contribution in [-0.4, -0.2) is 29.0 Å². The first kappa shape index (κ1) is 18.4. The molecular formula is C18H16F2N4O3. The smallest absolute Gasteiger partial charge is 0.258 e. The van der Waals surface area contributed by atoms with Gasteiger partial charge in [0.05, 0.1) is 16.6 Å². The number of nitrogens with zero attached hydrogens (tertiary/aromatic N) is 2. The molecule has 1 aromatic carbocycles. The maximum atomic E-state index is 13.6. The number of aryl methyl sites for hydroxylation is 2. The van der Waals surface area contributed by atoms with Crippen molar-refractivity contribution in [3.8, 4) is 0 Å². The van der Waals surface area contributed by atoms with Gasteiger partial charge in [-0.15, -0.1) is 0 Å². The predicted molar refractivity (Wildman–Crippen MR) is 91.9 cm³/mol. The molecule has 0 aliphatic carbocycles. The zero-order valence-electron chi connectivity index (χ0n) is 14.8. The summed E-state index contributed by atoms with van der Waals surface area (Å²) in [7, 11) is 1.38. The number of pyridine rings is 1. The number of likely N-dealkylation sites (N-methyl/N-ethyl adjacent to an activating group) is 1. The third-order valence-corrected chi connectivity index (χ3v) is 4.05. The number of carbonyl (C=O) groups is 2. The molecule has 0 aliphatic heterocycles. The van der Waals surface area contributed by atoms with Crippen molar-refractivity contribution in [3.63, 3.8) is 0 Å². The summed E-state index contributed by atoms with van der Waals surface area (Å²) in [5.74, 6) is -3.35. The number of fused-ring (bicyclic) bond motifs is 1. The summed E-state index contributed by atoms with van der Waals surface area (Å²) in [6.45, 7) is 3.34. The zero-order valence-corrected chi connectivity index (χ0v) is 14.8. The highest BCUT2D eigenvalue weighted by Gasteiger charge is 2.26. The van der Waals surface area contributed by atoms with Gasteiger partial charge in [-0.3, -0.25) is 9.59 Å². The second-order valence-electron chi connectivity index (χ2n) is 5.95. The van der Waals surface area contributed by atoms with Crippen LogP contribution in [0.2, 0.25) is 0 Å². The van der Waals surface area contributed by atoms with Crippen molar-refractivity contribution in [2.24, 2.45) is 0 Å². The van der Waals surface area contributed by atoms with Crippen LogP contribution in [0.1, 0.15) is 33.4 Å². The molecule has 0 radical (unpaired) electrons. The molecule has 27 heavy (non-hydrogen) atoms. The Hall–Kier alpha value is -3.36. The van der Waals surface area contributed by atoms with E-state index in [0.29, 0.717) is 16.8 Å². The van der Waals surface area contributed by atoms with E-state index < -0.39 is 29.5 Å². The first-order valence-electron chi connectivity index (χ1n) is 8.03. The number of aromatic nitrogens is 2. The molecule has 3 aromatic rings. The lowest BCUT2D eigenvalue weighted by molar-refractivity contribution is -0.122. The van der Waals surface area contributed by atoms with Gasteiger partial charge in [0, 0.05) is 12.7 Å². The maximum absolute atomic E-state index is 13.6. The first-order valence-corrected chi connectivity index (χ1v) is 8.03. The normalized spacial score (nSPS) is 12.0. The van der Waals surface area contributed by atoms with Gasteiger partial charge in [-0.25, -0.2) is 13.8 Å². The van der Waals surface area contributed by atoms with Gasteiger partial charge in [0.25, 0.3) is 11.6 Å². The average molecular weight is 374 g/mol. The Bertz CT molecular complexity index is 1050. The van der Waals surface area contributed by atoms with Gasteiger partial charge in [-0.2, -0.15) is 0 Å². The van der Waals surface area contributed by atoms with Crippen LogP contribution in [0.5, 0.6) is 0 Å². The van der Waals surface area contributed by atoms with Crippen LogP contribution >= 0.6 is 0 Å². The van der Waals surface area contributed by atoms with Crippen molar-refractivity contribution in [2.45, 2.75) is 19.9 Å². The van der Waals surface area contributed by atoms with Gasteiger partial charge in [0.2, 0.25) is 5.91 Å². The van der Waals surface area contributed by atoms with Gasteiger partial charge >= 0.3 is 0 Å². The summed E-state index contributed by atoms with van der Waals surface area (Å²) >= 11 is 0. The van der Waals surface area contributed by atoms with Gasteiger partial charge in [0.1, 0.15) is 6.04 Å². The van der Waals surface area contributed by atoms with E-state index in [2.05, 4.69) is 20.8 Å². The van der Waals surface area contributed by atoms with E-state index in [1.165, 1.54) is 19.2 Å². The molecule has 2 amide bonds. The Morgan fingerprint density at radius 3 is 2.56 bits per heavy atom. The standard InChI is InChI=1S/C18H16F2N4O3/c1-8-6-11(14-9(2)24-27-18(14)22-8)16(25)23-15(17(26)21-3)10-4-5-12(19)13(20)7-10/h4-7,15H,1-3H3,(H,21,26)(H,23,25). The van der Waals surface area contributed by atoms with Crippen LogP contribution in [0.3, 0.4) is 0 Å². The second-order valence-corrected chi connectivity index (χ2v) is 5.95. The van der Waals surface area contributed by atoms with Gasteiger partial charge in [-0.1, -0.05) is 11.2 Å². The lowest BCUT2D eigenvalue weighted by atomic mass is 10.0. The number of hydrogen-bond donors (Lipinski definition) is 2. The molecule has 1 unspecified atom stereocenters. The fourth-order valence-electron chi connectivity index (χ4n) is 2.74. The lowest BCUT2D eigenvalue weighted by Crippen LogP contribution is -2.39. The Labute approximate surface area is 152 Å². The van der Waals surface area contributed by atoms with Crippen molar-refractivity contribution in [2.75, 3.05) is 7.05 Å². The topological polar surface area (TPSA) is 97.1 Å². The van der Waals surface area contributed by atoms with Gasteiger partial charge < -0.3 is 15.2 Å². The van der Waals surface area contributed by atoms with Crippen molar-refractivity contribution in [1.82, 2.24) is 20.8 Å². The van der Waals surface area contributed by atoms with Crippen LogP contribution < -0.4 is 10.6 Å². The lowest BCUT2D eigenvalue weighted by Gasteiger charge is -2.18. The highest BCUT2D eigenvalue weighted by molar-refractivity contribution is 6.07. The third-order valence-electron chi connectivity index (χ3n) is 4.05. The molecule has 2 aromatic heterocycles. The van der Waals surface area contributed by atoms with E-state index in [1.54, 1.807) is 13.8 Å². The van der Waals surface area contributed by atoms with Crippen LogP contribution in [-0.2, 0) is 4.79 Å². The minimum absolute atomic E-state index is 0.102. The number of nitrogens with one attached hydrogen (secondary N) is 2. The van der Waals surface area contributed by atoms with E-state index in [-0.39, 0.29) is 16.8 Å². The van der Waals surface area contributed by atoms with Crippen LogP contribution in [0.4, 0.5) is 8.78 Å². The van der Waals surface area contributed by atoms with Gasteiger partial charge in [-0.05, 0) is 37.6 Å². The number of halogens is 2. The Morgan fingerprint density at radius 2 is 1.89 bits per heavy atom. The Balaban J connectivity index is 2.02. The molecule has 0 aliphatic rings. The maximum Gasteiger partial charge on any atom is 0.258 e. The molecule has 2 N–H and O–H groups in total. The molecular weight excluding hydrogens is 358 g/mol. The van der Waals surface area contributed by atoms with Crippen molar-refractivity contribution in [3.05, 3.63) is 58.4 Å². The molecule has 3 rings (SSSR count). The van der Waals surface area contributed by atoms with Crippen LogP contribution in [0.15, 0.2) is 28.8 Å². The Morgan fingerprint density at radius 1 is 1.15 bits per heavy atom. The summed E-state index contributed by atoms with van der Waals surface area (Å²) < 4.78 is 31.9. The van der Waals surface area contributed by atoms with Crippen LogP contribution in [0, 0.1) is 25.5 Å². The molecule has 2 heterocycles. The molecule has 0 bridgehead atoms. The summed E-state index contributed by atoms with van der Waals surface area (Å²) in [5, 5.41) is 9.16. The highest BCUT2D eigenvalue weighted by atomic mass is 19.2. The molecule has 140 valence electrons. The van der Waals surface area contributed by atoms with E-state index in [1.807, 2.05) is 0 Å². The average Bonchev–Trinajstić information content (AvgIpc) is 3.01. The van der Waals surface area contributed by atoms with Crippen molar-refractivity contribution in [1.29, 1.82) is 0 Å². The molecule has 0 saturated carbocycles. The number of benzene rings is 1. The zero-order chi connectivity index (χ0) is 19.7. The van der Waals surface area contributed by atoms with Crippen LogP contribution in [0.25, 0.3) is 11.1 Å². The highest BCUT2D eigenvalue weighted by Crippen LogP contribution is 2.23. The fraction of sp³-hybridized carbons (Fsp3) is 0.222. The monoisotopic (exact) mass is 374 g/mol. The summed E-state index contributed by atoms with van der Waals surface area (Å²) in [6.07, 6.45) is 0. The van der Waals surface area contributed by atoms with Gasteiger partial charge in [0.15, 0.2) is 11.6 Å². The number of carbonyl (C=O) groups excluding carboxylic acids is 2. The molecule has 0 saturated heterocycles. The third kappa shape index (κ3) is 3.48. The van der Waals surface area contributed by atoms with E-state index in [4.69, 9.17) is 4.52 Å². The molecule has 0 fully saturated rings. The predicted octanol–water partition coefficient (Wildman–Crippen LogP) is 2.33. The quantitative estimate of drug-likeness (QED) is 0.731. The summed E-state index contributed by atoms with van der Waals surface area (Å²) in [4.78, 5) is 29.3. The van der Waals surface area contributed by atoms with E-state index in [9.17, 15) is 18.4 Å². The summed E-state index contributed by atoms with van der Waals surface area (Å²) in [5.41, 5.74) is 1.50.